The molecule has 3 N–H and O–H groups in total. The highest BCUT2D eigenvalue weighted by atomic mass is 16.6. The van der Waals surface area contributed by atoms with Crippen LogP contribution < -0.4 is 10.5 Å². The Kier molecular flexibility index (Phi) is 6.17. The maximum absolute atomic E-state index is 10.9. The third-order valence-corrected chi connectivity index (χ3v) is 2.25. The van der Waals surface area contributed by atoms with Gasteiger partial charge < -0.3 is 20.4 Å². The number of hydrogen-bond acceptors (Lipinski definition) is 7. The number of amidine groups is 1. The average Bonchev–Trinajstić information content (AvgIpc) is 2.46. The molecule has 0 atom stereocenters. The number of rotatable bonds is 8. The molecule has 0 aromatic carbocycles. The second kappa shape index (κ2) is 7.89. The van der Waals surface area contributed by atoms with E-state index in [1.54, 1.807) is 0 Å². The molecule has 0 saturated heterocycles. The van der Waals surface area contributed by atoms with Gasteiger partial charge in [-0.15, -0.1) is 0 Å². The number of ether oxygens (including phenoxy) is 2. The monoisotopic (exact) mass is 284 g/mol. The Morgan fingerprint density at radius 2 is 2.30 bits per heavy atom. The predicted molar refractivity (Wildman–Crippen MR) is 70.0 cm³/mol. The van der Waals surface area contributed by atoms with E-state index in [9.17, 15) is 10.1 Å². The van der Waals surface area contributed by atoms with E-state index >= 15 is 0 Å². The van der Waals surface area contributed by atoms with E-state index in [2.05, 4.69) is 10.1 Å². The van der Waals surface area contributed by atoms with Gasteiger partial charge in [0.25, 0.3) is 5.88 Å². The van der Waals surface area contributed by atoms with Crippen molar-refractivity contribution in [2.45, 2.75) is 13.3 Å². The van der Waals surface area contributed by atoms with Gasteiger partial charge in [-0.25, -0.2) is 4.98 Å². The summed E-state index contributed by atoms with van der Waals surface area (Å²) in [6, 6.07) is 1.13. The van der Waals surface area contributed by atoms with E-state index in [0.29, 0.717) is 13.2 Å². The molecule has 0 fully saturated rings. The maximum Gasteiger partial charge on any atom is 0.331 e. The SMILES string of the molecule is CCCOCCOc1ncc(C(N)=NO)cc1[N+](=O)[O-]. The maximum atomic E-state index is 10.9. The summed E-state index contributed by atoms with van der Waals surface area (Å²) in [5, 5.41) is 22.2. The summed E-state index contributed by atoms with van der Waals surface area (Å²) in [5.41, 5.74) is 5.12. The highest BCUT2D eigenvalue weighted by molar-refractivity contribution is 5.97. The van der Waals surface area contributed by atoms with E-state index in [1.807, 2.05) is 6.92 Å². The molecule has 0 saturated carbocycles. The zero-order valence-electron chi connectivity index (χ0n) is 11.0. The minimum atomic E-state index is -0.649. The first-order valence-corrected chi connectivity index (χ1v) is 5.93. The molecule has 110 valence electrons. The highest BCUT2D eigenvalue weighted by Gasteiger charge is 2.19. The lowest BCUT2D eigenvalue weighted by atomic mass is 10.2. The molecule has 0 aliphatic rings. The van der Waals surface area contributed by atoms with Gasteiger partial charge in [0.2, 0.25) is 0 Å². The van der Waals surface area contributed by atoms with Gasteiger partial charge in [0.1, 0.15) is 6.61 Å². The molecular formula is C11H16N4O5. The van der Waals surface area contributed by atoms with Crippen LogP contribution in [0.1, 0.15) is 18.9 Å². The van der Waals surface area contributed by atoms with Crippen LogP contribution >= 0.6 is 0 Å². The highest BCUT2D eigenvalue weighted by Crippen LogP contribution is 2.24. The summed E-state index contributed by atoms with van der Waals surface area (Å²) < 4.78 is 10.4. The van der Waals surface area contributed by atoms with Gasteiger partial charge in [0, 0.05) is 24.4 Å². The number of nitrogens with two attached hydrogens (primary N) is 1. The van der Waals surface area contributed by atoms with Gasteiger partial charge in [-0.2, -0.15) is 0 Å². The van der Waals surface area contributed by atoms with Crippen LogP contribution in [-0.2, 0) is 4.74 Å². The van der Waals surface area contributed by atoms with Crippen molar-refractivity contribution in [2.75, 3.05) is 19.8 Å². The Hall–Kier alpha value is -2.42. The summed E-state index contributed by atoms with van der Waals surface area (Å²) in [6.45, 7) is 3.03. The first-order valence-electron chi connectivity index (χ1n) is 5.93. The van der Waals surface area contributed by atoms with Crippen molar-refractivity contribution < 1.29 is 19.6 Å². The standard InChI is InChI=1S/C11H16N4O5/c1-2-3-19-4-5-20-11-9(15(17)18)6-8(7-13-11)10(12)14-16/h6-7,16H,2-5H2,1H3,(H2,12,14). The van der Waals surface area contributed by atoms with Crippen LogP contribution in [0.5, 0.6) is 5.88 Å². The average molecular weight is 284 g/mol. The smallest absolute Gasteiger partial charge is 0.331 e. The summed E-state index contributed by atoms with van der Waals surface area (Å²) >= 11 is 0. The van der Waals surface area contributed by atoms with Crippen molar-refractivity contribution in [1.82, 2.24) is 4.98 Å². The molecule has 0 aliphatic carbocycles. The van der Waals surface area contributed by atoms with E-state index in [1.165, 1.54) is 6.20 Å². The Morgan fingerprint density at radius 1 is 1.55 bits per heavy atom. The minimum absolute atomic E-state index is 0.133. The van der Waals surface area contributed by atoms with Gasteiger partial charge in [-0.3, -0.25) is 10.1 Å². The van der Waals surface area contributed by atoms with E-state index in [4.69, 9.17) is 20.4 Å². The molecule has 1 aromatic heterocycles. The van der Waals surface area contributed by atoms with Crippen LogP contribution in [0.25, 0.3) is 0 Å². The number of hydrogen-bond donors (Lipinski definition) is 2. The van der Waals surface area contributed by atoms with E-state index < -0.39 is 4.92 Å². The minimum Gasteiger partial charge on any atom is -0.470 e. The molecule has 20 heavy (non-hydrogen) atoms. The quantitative estimate of drug-likeness (QED) is 0.181. The van der Waals surface area contributed by atoms with Crippen LogP contribution in [-0.4, -0.2) is 40.8 Å². The van der Waals surface area contributed by atoms with Gasteiger partial charge >= 0.3 is 5.69 Å². The molecule has 0 radical (unpaired) electrons. The van der Waals surface area contributed by atoms with Crippen molar-refractivity contribution >= 4 is 11.5 Å². The molecule has 1 heterocycles. The van der Waals surface area contributed by atoms with Gasteiger partial charge in [-0.1, -0.05) is 12.1 Å². The normalized spacial score (nSPS) is 11.3. The van der Waals surface area contributed by atoms with Crippen LogP contribution in [0, 0.1) is 10.1 Å². The first-order chi connectivity index (χ1) is 9.60. The number of aromatic nitrogens is 1. The van der Waals surface area contributed by atoms with E-state index in [-0.39, 0.29) is 29.6 Å². The molecule has 0 aliphatic heterocycles. The first kappa shape index (κ1) is 15.6. The van der Waals surface area contributed by atoms with Gasteiger partial charge in [-0.05, 0) is 6.42 Å². The lowest BCUT2D eigenvalue weighted by molar-refractivity contribution is -0.386. The third kappa shape index (κ3) is 4.35. The molecule has 0 spiro atoms. The van der Waals surface area contributed by atoms with Crippen molar-refractivity contribution in [1.29, 1.82) is 0 Å². The van der Waals surface area contributed by atoms with Crippen LogP contribution in [0.4, 0.5) is 5.69 Å². The molecule has 9 nitrogen and oxygen atoms in total. The lowest BCUT2D eigenvalue weighted by Crippen LogP contribution is -2.15. The summed E-state index contributed by atoms with van der Waals surface area (Å²) in [5.74, 6) is -0.400. The lowest BCUT2D eigenvalue weighted by Gasteiger charge is -2.07. The second-order valence-corrected chi connectivity index (χ2v) is 3.75. The summed E-state index contributed by atoms with van der Waals surface area (Å²) in [4.78, 5) is 14.1. The zero-order chi connectivity index (χ0) is 15.0. The zero-order valence-corrected chi connectivity index (χ0v) is 11.0. The van der Waals surface area contributed by atoms with Crippen molar-refractivity contribution in [2.24, 2.45) is 10.9 Å². The summed E-state index contributed by atoms with van der Waals surface area (Å²) in [6.07, 6.45) is 2.11. The molecular weight excluding hydrogens is 268 g/mol. The Morgan fingerprint density at radius 3 is 2.90 bits per heavy atom. The van der Waals surface area contributed by atoms with Crippen LogP contribution in [0.3, 0.4) is 0 Å². The van der Waals surface area contributed by atoms with Gasteiger partial charge in [0.15, 0.2) is 5.84 Å². The molecule has 1 aromatic rings. The fraction of sp³-hybridized carbons (Fsp3) is 0.455. The number of pyridine rings is 1. The summed E-state index contributed by atoms with van der Waals surface area (Å²) in [7, 11) is 0. The van der Waals surface area contributed by atoms with Crippen LogP contribution in [0.15, 0.2) is 17.4 Å². The second-order valence-electron chi connectivity index (χ2n) is 3.75. The van der Waals surface area contributed by atoms with Crippen molar-refractivity contribution in [3.8, 4) is 5.88 Å². The van der Waals surface area contributed by atoms with Gasteiger partial charge in [0.05, 0.1) is 11.5 Å². The Labute approximate surface area is 115 Å². The largest absolute Gasteiger partial charge is 0.470 e. The van der Waals surface area contributed by atoms with Crippen molar-refractivity contribution in [3.05, 3.63) is 27.9 Å². The molecule has 0 bridgehead atoms. The van der Waals surface area contributed by atoms with Crippen molar-refractivity contribution in [3.63, 3.8) is 0 Å². The number of nitro groups is 1. The van der Waals surface area contributed by atoms with Crippen LogP contribution in [0.2, 0.25) is 0 Å². The number of nitrogens with zero attached hydrogens (tertiary/aromatic N) is 3. The fourth-order valence-corrected chi connectivity index (χ4v) is 1.32. The number of oxime groups is 1. The molecule has 9 heteroatoms. The van der Waals surface area contributed by atoms with E-state index in [0.717, 1.165) is 12.5 Å². The predicted octanol–water partition coefficient (Wildman–Crippen LogP) is 0.890. The Balaban J connectivity index is 2.78. The fourth-order valence-electron chi connectivity index (χ4n) is 1.32. The molecule has 1 rings (SSSR count). The third-order valence-electron chi connectivity index (χ3n) is 2.25. The molecule has 0 amide bonds. The topological polar surface area (TPSA) is 133 Å². The Bertz CT molecular complexity index is 492. The molecule has 0 unspecified atom stereocenters.